The number of benzene rings is 6. The Kier molecular flexibility index (Phi) is 6.14. The molecule has 0 atom stereocenters. The normalized spacial score (nSPS) is 11.8. The summed E-state index contributed by atoms with van der Waals surface area (Å²) in [5.41, 5.74) is 10.2. The van der Waals surface area contributed by atoms with Crippen molar-refractivity contribution in [1.82, 2.24) is 4.57 Å². The molecule has 0 aliphatic carbocycles. The SMILES string of the molecule is C=C/C=C(\C=N)c1ccc2c(ccc3c4ccc(-c5ccc(-c6ccccc6)cc5)cc4n(-c4ccccc4)c23)c1. The standard InChI is InChI=1S/C39H28N2/c1-2-9-33(26-40)30-18-21-35-32(24-30)20-23-37-36-22-19-31(25-38(36)41(39(35)37)34-12-7-4-8-13-34)29-16-14-28(15-17-29)27-10-5-3-6-11-27/h2-26,40H,1H2/b33-9+,40-26?. The fraction of sp³-hybridized carbons (Fsp3) is 0. The number of nitrogens with one attached hydrogen (secondary N) is 1. The first-order valence-corrected chi connectivity index (χ1v) is 13.8. The molecule has 0 saturated carbocycles. The number of fused-ring (bicyclic) bond motifs is 5. The van der Waals surface area contributed by atoms with E-state index in [0.717, 1.165) is 22.2 Å². The maximum atomic E-state index is 7.86. The van der Waals surface area contributed by atoms with Crippen molar-refractivity contribution in [3.63, 3.8) is 0 Å². The van der Waals surface area contributed by atoms with E-state index in [9.17, 15) is 0 Å². The molecule has 0 unspecified atom stereocenters. The number of hydrogen-bond acceptors (Lipinski definition) is 1. The van der Waals surface area contributed by atoms with Gasteiger partial charge in [0.15, 0.2) is 0 Å². The molecule has 6 aromatic carbocycles. The van der Waals surface area contributed by atoms with Crippen molar-refractivity contribution in [1.29, 1.82) is 5.41 Å². The number of rotatable bonds is 6. The summed E-state index contributed by atoms with van der Waals surface area (Å²) in [4.78, 5) is 0. The predicted molar refractivity (Wildman–Crippen MR) is 176 cm³/mol. The van der Waals surface area contributed by atoms with Crippen LogP contribution in [0.5, 0.6) is 0 Å². The first kappa shape index (κ1) is 24.6. The molecular formula is C39H28N2. The highest BCUT2D eigenvalue weighted by atomic mass is 15.0. The highest BCUT2D eigenvalue weighted by Gasteiger charge is 2.16. The smallest absolute Gasteiger partial charge is 0.0619 e. The lowest BCUT2D eigenvalue weighted by Gasteiger charge is -2.11. The number of aromatic nitrogens is 1. The van der Waals surface area contributed by atoms with E-state index >= 15 is 0 Å². The van der Waals surface area contributed by atoms with E-state index in [2.05, 4.69) is 145 Å². The zero-order valence-electron chi connectivity index (χ0n) is 22.6. The molecule has 2 heteroatoms. The summed E-state index contributed by atoms with van der Waals surface area (Å²) in [6.45, 7) is 3.81. The Labute approximate surface area is 239 Å². The zero-order valence-corrected chi connectivity index (χ0v) is 22.6. The summed E-state index contributed by atoms with van der Waals surface area (Å²) in [7, 11) is 0. The average Bonchev–Trinajstić information content (AvgIpc) is 3.38. The van der Waals surface area contributed by atoms with Gasteiger partial charge in [0.1, 0.15) is 0 Å². The van der Waals surface area contributed by atoms with E-state index in [1.54, 1.807) is 6.08 Å². The van der Waals surface area contributed by atoms with Crippen molar-refractivity contribution in [3.8, 4) is 27.9 Å². The van der Waals surface area contributed by atoms with Gasteiger partial charge in [-0.1, -0.05) is 128 Å². The molecule has 2 nitrogen and oxygen atoms in total. The van der Waals surface area contributed by atoms with Gasteiger partial charge in [0.05, 0.1) is 11.0 Å². The molecule has 0 saturated heterocycles. The first-order chi connectivity index (χ1) is 20.2. The lowest BCUT2D eigenvalue weighted by Crippen LogP contribution is -1.94. The van der Waals surface area contributed by atoms with Crippen LogP contribution >= 0.6 is 0 Å². The van der Waals surface area contributed by atoms with Crippen molar-refractivity contribution < 1.29 is 0 Å². The van der Waals surface area contributed by atoms with Crippen LogP contribution in [0.15, 0.2) is 152 Å². The van der Waals surface area contributed by atoms with Crippen molar-refractivity contribution in [2.75, 3.05) is 0 Å². The van der Waals surface area contributed by atoms with Crippen LogP contribution in [0, 0.1) is 5.41 Å². The molecule has 1 heterocycles. The van der Waals surface area contributed by atoms with Crippen LogP contribution in [0.1, 0.15) is 5.56 Å². The fourth-order valence-electron chi connectivity index (χ4n) is 5.88. The molecule has 0 aliphatic heterocycles. The molecule has 1 N–H and O–H groups in total. The van der Waals surface area contributed by atoms with Gasteiger partial charge in [-0.15, -0.1) is 0 Å². The van der Waals surface area contributed by atoms with Crippen LogP contribution < -0.4 is 0 Å². The Balaban J connectivity index is 1.45. The third-order valence-electron chi connectivity index (χ3n) is 7.87. The van der Waals surface area contributed by atoms with Gasteiger partial charge >= 0.3 is 0 Å². The zero-order chi connectivity index (χ0) is 27.8. The summed E-state index contributed by atoms with van der Waals surface area (Å²) >= 11 is 0. The number of allylic oxidation sites excluding steroid dienone is 3. The Morgan fingerprint density at radius 1 is 0.585 bits per heavy atom. The topological polar surface area (TPSA) is 28.8 Å². The second kappa shape index (κ2) is 10.3. The average molecular weight is 525 g/mol. The van der Waals surface area contributed by atoms with Gasteiger partial charge in [0.25, 0.3) is 0 Å². The van der Waals surface area contributed by atoms with Crippen LogP contribution in [0.25, 0.3) is 66.1 Å². The molecule has 7 rings (SSSR count). The van der Waals surface area contributed by atoms with Crippen molar-refractivity contribution in [3.05, 3.63) is 158 Å². The van der Waals surface area contributed by atoms with Gasteiger partial charge in [-0.2, -0.15) is 0 Å². The number of para-hydroxylation sites is 1. The Hall–Kier alpha value is -5.47. The molecule has 0 amide bonds. The molecular weight excluding hydrogens is 496 g/mol. The van der Waals surface area contributed by atoms with Gasteiger partial charge in [-0.05, 0) is 63.0 Å². The van der Waals surface area contributed by atoms with Crippen molar-refractivity contribution >= 4 is 44.4 Å². The molecule has 0 radical (unpaired) electrons. The molecule has 0 spiro atoms. The lowest BCUT2D eigenvalue weighted by atomic mass is 9.98. The van der Waals surface area contributed by atoms with Crippen LogP contribution in [0.3, 0.4) is 0 Å². The Morgan fingerprint density at radius 3 is 1.90 bits per heavy atom. The maximum absolute atomic E-state index is 7.86. The summed E-state index contributed by atoms with van der Waals surface area (Å²) in [6, 6.07) is 47.7. The summed E-state index contributed by atoms with van der Waals surface area (Å²) in [6.07, 6.45) is 4.99. The molecule has 7 aromatic rings. The van der Waals surface area contributed by atoms with Gasteiger partial charge in [-0.25, -0.2) is 0 Å². The van der Waals surface area contributed by atoms with Gasteiger partial charge in [0, 0.05) is 28.1 Å². The van der Waals surface area contributed by atoms with E-state index in [1.165, 1.54) is 55.7 Å². The van der Waals surface area contributed by atoms with Gasteiger partial charge < -0.3 is 9.98 Å². The van der Waals surface area contributed by atoms with Gasteiger partial charge in [0.2, 0.25) is 0 Å². The molecule has 0 fully saturated rings. The van der Waals surface area contributed by atoms with E-state index in [1.807, 2.05) is 6.08 Å². The lowest BCUT2D eigenvalue weighted by molar-refractivity contribution is 1.19. The molecule has 194 valence electrons. The molecule has 41 heavy (non-hydrogen) atoms. The second-order valence-corrected chi connectivity index (χ2v) is 10.2. The highest BCUT2D eigenvalue weighted by molar-refractivity contribution is 6.20. The third kappa shape index (κ3) is 4.27. The second-order valence-electron chi connectivity index (χ2n) is 10.2. The number of hydrogen-bond donors (Lipinski definition) is 1. The summed E-state index contributed by atoms with van der Waals surface area (Å²) in [5.74, 6) is 0. The Bertz CT molecular complexity index is 2100. The molecule has 1 aromatic heterocycles. The summed E-state index contributed by atoms with van der Waals surface area (Å²) < 4.78 is 2.39. The predicted octanol–water partition coefficient (Wildman–Crippen LogP) is 10.5. The quantitative estimate of drug-likeness (QED) is 0.166. The molecule has 0 bridgehead atoms. The van der Waals surface area contributed by atoms with Crippen molar-refractivity contribution in [2.24, 2.45) is 0 Å². The highest BCUT2D eigenvalue weighted by Crippen LogP contribution is 2.39. The third-order valence-corrected chi connectivity index (χ3v) is 7.87. The minimum absolute atomic E-state index is 0.841. The van der Waals surface area contributed by atoms with E-state index in [-0.39, 0.29) is 0 Å². The largest absolute Gasteiger partial charge is 0.309 e. The minimum Gasteiger partial charge on any atom is -0.309 e. The first-order valence-electron chi connectivity index (χ1n) is 13.8. The monoisotopic (exact) mass is 524 g/mol. The van der Waals surface area contributed by atoms with Crippen molar-refractivity contribution in [2.45, 2.75) is 0 Å². The van der Waals surface area contributed by atoms with E-state index in [0.29, 0.717) is 0 Å². The van der Waals surface area contributed by atoms with Gasteiger partial charge in [-0.3, -0.25) is 0 Å². The Morgan fingerprint density at radius 2 is 1.20 bits per heavy atom. The minimum atomic E-state index is 0.841. The fourth-order valence-corrected chi connectivity index (χ4v) is 5.88. The van der Waals surface area contributed by atoms with E-state index in [4.69, 9.17) is 5.41 Å². The van der Waals surface area contributed by atoms with Crippen LogP contribution in [-0.2, 0) is 0 Å². The van der Waals surface area contributed by atoms with Crippen LogP contribution in [-0.4, -0.2) is 10.8 Å². The summed E-state index contributed by atoms with van der Waals surface area (Å²) in [5, 5.41) is 12.6. The number of nitrogens with zero attached hydrogens (tertiary/aromatic N) is 1. The van der Waals surface area contributed by atoms with Crippen LogP contribution in [0.2, 0.25) is 0 Å². The van der Waals surface area contributed by atoms with Crippen LogP contribution in [0.4, 0.5) is 0 Å². The maximum Gasteiger partial charge on any atom is 0.0619 e. The van der Waals surface area contributed by atoms with E-state index < -0.39 is 0 Å². The molecule has 0 aliphatic rings.